The molecule has 3 aromatic rings. The van der Waals surface area contributed by atoms with Gasteiger partial charge in [-0.1, -0.05) is 12.1 Å². The van der Waals surface area contributed by atoms with Crippen molar-refractivity contribution in [1.82, 2.24) is 25.0 Å². The van der Waals surface area contributed by atoms with Gasteiger partial charge in [0.15, 0.2) is 5.76 Å². The number of alkyl halides is 3. The molecule has 2 aromatic heterocycles. The van der Waals surface area contributed by atoms with Gasteiger partial charge in [-0.3, -0.25) is 9.69 Å². The molecule has 1 aliphatic rings. The van der Waals surface area contributed by atoms with Gasteiger partial charge in [0.2, 0.25) is 0 Å². The van der Waals surface area contributed by atoms with E-state index in [0.717, 1.165) is 42.4 Å². The second kappa shape index (κ2) is 8.93. The zero-order valence-corrected chi connectivity index (χ0v) is 16.7. The molecule has 0 radical (unpaired) electrons. The normalized spacial score (nSPS) is 14.8. The summed E-state index contributed by atoms with van der Waals surface area (Å²) in [7, 11) is 0. The summed E-state index contributed by atoms with van der Waals surface area (Å²) in [5, 5.41) is 11.3. The predicted octanol–water partition coefficient (Wildman–Crippen LogP) is 2.92. The zero-order valence-electron chi connectivity index (χ0n) is 16.7. The summed E-state index contributed by atoms with van der Waals surface area (Å²) in [5.74, 6) is 1.66. The van der Waals surface area contributed by atoms with Crippen LogP contribution in [-0.4, -0.2) is 45.2 Å². The fourth-order valence-corrected chi connectivity index (χ4v) is 3.61. The maximum absolute atomic E-state index is 12.7. The number of fused-ring (bicyclic) bond motifs is 1. The number of halogens is 3. The average molecular weight is 433 g/mol. The van der Waals surface area contributed by atoms with Crippen molar-refractivity contribution in [3.63, 3.8) is 0 Å². The summed E-state index contributed by atoms with van der Waals surface area (Å²) in [5.41, 5.74) is 0.202. The van der Waals surface area contributed by atoms with E-state index in [9.17, 15) is 18.0 Å². The topological polar surface area (TPSA) is 76.2 Å². The van der Waals surface area contributed by atoms with Crippen LogP contribution in [-0.2, 0) is 32.1 Å². The van der Waals surface area contributed by atoms with Gasteiger partial charge in [-0.25, -0.2) is 0 Å². The fourth-order valence-electron chi connectivity index (χ4n) is 3.61. The van der Waals surface area contributed by atoms with Crippen LogP contribution in [0, 0.1) is 0 Å². The van der Waals surface area contributed by atoms with E-state index < -0.39 is 11.7 Å². The summed E-state index contributed by atoms with van der Waals surface area (Å²) < 4.78 is 45.3. The minimum Gasteiger partial charge on any atom is -0.459 e. The van der Waals surface area contributed by atoms with Crippen LogP contribution in [0.5, 0.6) is 0 Å². The highest BCUT2D eigenvalue weighted by Crippen LogP contribution is 2.29. The fraction of sp³-hybridized carbons (Fsp3) is 0.381. The highest BCUT2D eigenvalue weighted by atomic mass is 19.4. The molecule has 10 heteroatoms. The Morgan fingerprint density at radius 3 is 2.61 bits per heavy atom. The van der Waals surface area contributed by atoms with Crippen LogP contribution in [0.4, 0.5) is 13.2 Å². The van der Waals surface area contributed by atoms with Crippen molar-refractivity contribution >= 4 is 5.91 Å². The molecule has 0 aliphatic carbocycles. The van der Waals surface area contributed by atoms with Crippen molar-refractivity contribution in [2.75, 3.05) is 19.6 Å². The number of nitrogens with one attached hydrogen (secondary N) is 1. The van der Waals surface area contributed by atoms with Crippen molar-refractivity contribution in [2.45, 2.75) is 32.1 Å². The first kappa shape index (κ1) is 21.1. The highest BCUT2D eigenvalue weighted by Gasteiger charge is 2.30. The summed E-state index contributed by atoms with van der Waals surface area (Å²) in [6.45, 7) is 3.15. The molecule has 1 N–H and O–H groups in total. The highest BCUT2D eigenvalue weighted by molar-refractivity contribution is 5.91. The lowest BCUT2D eigenvalue weighted by Gasteiger charge is -2.20. The van der Waals surface area contributed by atoms with E-state index in [4.69, 9.17) is 4.42 Å². The number of benzene rings is 1. The van der Waals surface area contributed by atoms with Crippen molar-refractivity contribution in [2.24, 2.45) is 0 Å². The number of aromatic nitrogens is 3. The van der Waals surface area contributed by atoms with Crippen LogP contribution in [0.2, 0.25) is 0 Å². The minimum atomic E-state index is -4.32. The van der Waals surface area contributed by atoms with Gasteiger partial charge in [-0.05, 0) is 29.8 Å². The lowest BCUT2D eigenvalue weighted by atomic mass is 10.1. The standard InChI is InChI=1S/C21H22F3N5O2/c22-21(23,24)16-5-3-15(4-6-16)14-28-10-8-19-27-26-18(29(19)12-11-28)7-9-25-20(30)17-2-1-13-31-17/h1-6,13H,7-12,14H2,(H,25,30). The number of amides is 1. The molecule has 0 atom stereocenters. The molecule has 0 bridgehead atoms. The van der Waals surface area contributed by atoms with Crippen molar-refractivity contribution in [1.29, 1.82) is 0 Å². The maximum atomic E-state index is 12.7. The molecule has 0 saturated carbocycles. The number of rotatable bonds is 6. The molecule has 0 fully saturated rings. The monoisotopic (exact) mass is 433 g/mol. The number of nitrogens with zero attached hydrogens (tertiary/aromatic N) is 4. The Hall–Kier alpha value is -3.14. The van der Waals surface area contributed by atoms with Gasteiger partial charge in [0.25, 0.3) is 5.91 Å². The number of hydrogen-bond acceptors (Lipinski definition) is 5. The van der Waals surface area contributed by atoms with Gasteiger partial charge < -0.3 is 14.3 Å². The maximum Gasteiger partial charge on any atom is 0.416 e. The van der Waals surface area contributed by atoms with E-state index in [1.165, 1.54) is 18.4 Å². The van der Waals surface area contributed by atoms with Crippen molar-refractivity contribution < 1.29 is 22.4 Å². The number of carbonyl (C=O) groups is 1. The van der Waals surface area contributed by atoms with Gasteiger partial charge in [0.1, 0.15) is 11.6 Å². The molecule has 3 heterocycles. The predicted molar refractivity (Wildman–Crippen MR) is 105 cm³/mol. The number of hydrogen-bond donors (Lipinski definition) is 1. The minimum absolute atomic E-state index is 0.263. The Bertz CT molecular complexity index is 1010. The molecular formula is C21H22F3N5O2. The summed E-state index contributed by atoms with van der Waals surface area (Å²) in [6, 6.07) is 8.56. The zero-order chi connectivity index (χ0) is 21.8. The summed E-state index contributed by atoms with van der Waals surface area (Å²) >= 11 is 0. The third-order valence-corrected chi connectivity index (χ3v) is 5.26. The van der Waals surface area contributed by atoms with E-state index in [0.29, 0.717) is 32.5 Å². The van der Waals surface area contributed by atoms with Crippen LogP contribution in [0.15, 0.2) is 47.1 Å². The molecule has 0 unspecified atom stereocenters. The van der Waals surface area contributed by atoms with Gasteiger partial charge in [-0.15, -0.1) is 10.2 Å². The molecule has 31 heavy (non-hydrogen) atoms. The third-order valence-electron chi connectivity index (χ3n) is 5.26. The molecule has 164 valence electrons. The Kier molecular flexibility index (Phi) is 6.08. The molecule has 4 rings (SSSR count). The van der Waals surface area contributed by atoms with E-state index in [-0.39, 0.29) is 11.7 Å². The SMILES string of the molecule is O=C(NCCc1nnc2n1CCN(Cc1ccc(C(F)(F)F)cc1)CC2)c1ccco1. The van der Waals surface area contributed by atoms with Crippen LogP contribution in [0.1, 0.15) is 33.3 Å². The molecule has 0 saturated heterocycles. The van der Waals surface area contributed by atoms with Crippen LogP contribution in [0.25, 0.3) is 0 Å². The first-order valence-corrected chi connectivity index (χ1v) is 10.0. The molecule has 0 spiro atoms. The average Bonchev–Trinajstić information content (AvgIpc) is 3.36. The molecule has 1 aliphatic heterocycles. The van der Waals surface area contributed by atoms with E-state index in [1.54, 1.807) is 12.1 Å². The van der Waals surface area contributed by atoms with Crippen LogP contribution in [0.3, 0.4) is 0 Å². The molecule has 1 amide bonds. The van der Waals surface area contributed by atoms with Crippen molar-refractivity contribution in [3.05, 3.63) is 71.2 Å². The first-order valence-electron chi connectivity index (χ1n) is 10.0. The second-order valence-corrected chi connectivity index (χ2v) is 7.39. The van der Waals surface area contributed by atoms with E-state index in [1.807, 2.05) is 0 Å². The Labute approximate surface area is 176 Å². The smallest absolute Gasteiger partial charge is 0.416 e. The van der Waals surface area contributed by atoms with Crippen LogP contribution >= 0.6 is 0 Å². The lowest BCUT2D eigenvalue weighted by Crippen LogP contribution is -2.28. The Morgan fingerprint density at radius 2 is 1.90 bits per heavy atom. The quantitative estimate of drug-likeness (QED) is 0.647. The number of carbonyl (C=O) groups excluding carboxylic acids is 1. The van der Waals surface area contributed by atoms with Crippen LogP contribution < -0.4 is 5.32 Å². The molecule has 1 aromatic carbocycles. The van der Waals surface area contributed by atoms with Gasteiger partial charge in [-0.2, -0.15) is 13.2 Å². The largest absolute Gasteiger partial charge is 0.459 e. The Morgan fingerprint density at radius 1 is 1.10 bits per heavy atom. The van der Waals surface area contributed by atoms with Crippen molar-refractivity contribution in [3.8, 4) is 0 Å². The van der Waals surface area contributed by atoms with Gasteiger partial charge in [0.05, 0.1) is 11.8 Å². The summed E-state index contributed by atoms with van der Waals surface area (Å²) in [6.07, 6.45) is -1.63. The van der Waals surface area contributed by atoms with Gasteiger partial charge in [0, 0.05) is 45.6 Å². The van der Waals surface area contributed by atoms with E-state index in [2.05, 4.69) is 25.0 Å². The molecule has 7 nitrogen and oxygen atoms in total. The Balaban J connectivity index is 1.31. The molecular weight excluding hydrogens is 411 g/mol. The van der Waals surface area contributed by atoms with Gasteiger partial charge >= 0.3 is 6.18 Å². The second-order valence-electron chi connectivity index (χ2n) is 7.39. The van der Waals surface area contributed by atoms with E-state index >= 15 is 0 Å². The number of furan rings is 1. The summed E-state index contributed by atoms with van der Waals surface area (Å²) in [4.78, 5) is 14.1. The first-order chi connectivity index (χ1) is 14.9. The lowest BCUT2D eigenvalue weighted by molar-refractivity contribution is -0.137. The third kappa shape index (κ3) is 5.13.